The van der Waals surface area contributed by atoms with Crippen LogP contribution in [-0.4, -0.2) is 64.7 Å². The Morgan fingerprint density at radius 1 is 1.24 bits per heavy atom. The van der Waals surface area contributed by atoms with Gasteiger partial charge in [-0.3, -0.25) is 14.4 Å². The fraction of sp³-hybridized carbons (Fsp3) is 0.750. The lowest BCUT2D eigenvalue weighted by Crippen LogP contribution is -2.71. The number of alkyl halides is 3. The maximum absolute atomic E-state index is 17.4. The quantitative estimate of drug-likeness (QED) is 0.512. The first-order chi connectivity index (χ1) is 17.7. The highest BCUT2D eigenvalue weighted by atomic mass is 32.2. The largest absolute Gasteiger partial charge is 0.449 e. The molecule has 0 radical (unpaired) electrons. The zero-order chi connectivity index (χ0) is 27.9. The summed E-state index contributed by atoms with van der Waals surface area (Å²) in [6, 6.07) is -1.04. The maximum Gasteiger partial charge on any atom is 0.315 e. The lowest BCUT2D eigenvalue weighted by Gasteiger charge is -2.63. The summed E-state index contributed by atoms with van der Waals surface area (Å²) in [5.41, 5.74) is -8.02. The molecule has 210 valence electrons. The van der Waals surface area contributed by atoms with Gasteiger partial charge in [0, 0.05) is 29.3 Å². The van der Waals surface area contributed by atoms with Gasteiger partial charge in [0.05, 0.1) is 18.1 Å². The zero-order valence-corrected chi connectivity index (χ0v) is 22.9. The molecule has 0 aromatic heterocycles. The van der Waals surface area contributed by atoms with E-state index in [1.165, 1.54) is 19.1 Å². The second-order valence-electron chi connectivity index (χ2n) is 12.5. The lowest BCUT2D eigenvalue weighted by atomic mass is 9.44. The Morgan fingerprint density at radius 3 is 2.58 bits per heavy atom. The van der Waals surface area contributed by atoms with Crippen LogP contribution in [-0.2, 0) is 23.9 Å². The van der Waals surface area contributed by atoms with Gasteiger partial charge >= 0.3 is 5.97 Å². The number of hydrogen-bond donors (Lipinski definition) is 1. The van der Waals surface area contributed by atoms with Gasteiger partial charge in [0.25, 0.3) is 0 Å². The average molecular weight is 557 g/mol. The standard InChI is InChI=1S/C28H35F3O6S/c1-15-9-17-18-11-20(30)19-10-16(32)5-6-25(19,3)27(18,31)21(33)12-26(17,4)28(15,23(35)38-14-29)37-22(34)24(2)7-8-36-13-24/h5-6,10,15,17-18,20-21,33H,7-9,11-14H2,1-4H3/t15?,17-,18-,20-,21-,24-,25-,26-,27-,28-/m0/s1. The number of aliphatic hydroxyl groups is 1. The summed E-state index contributed by atoms with van der Waals surface area (Å²) in [5.74, 6) is -3.42. The first-order valence-corrected chi connectivity index (χ1v) is 14.2. The molecule has 6 nitrogen and oxygen atoms in total. The maximum atomic E-state index is 17.4. The molecular weight excluding hydrogens is 521 g/mol. The summed E-state index contributed by atoms with van der Waals surface area (Å²) in [7, 11) is 0. The second kappa shape index (κ2) is 8.93. The van der Waals surface area contributed by atoms with E-state index in [2.05, 4.69) is 0 Å². The number of thioether (sulfide) groups is 1. The van der Waals surface area contributed by atoms with Gasteiger partial charge in [0.1, 0.15) is 12.2 Å². The normalized spacial score (nSPS) is 49.6. The minimum atomic E-state index is -2.33. The molecule has 38 heavy (non-hydrogen) atoms. The molecule has 3 saturated carbocycles. The fourth-order valence-electron chi connectivity index (χ4n) is 8.47. The summed E-state index contributed by atoms with van der Waals surface area (Å²) >= 11 is 0.395. The van der Waals surface area contributed by atoms with Gasteiger partial charge in [-0.2, -0.15) is 0 Å². The SMILES string of the molecule is CC1C[C@H]2[C@@H]3C[C@H](F)C4=CC(=O)C=C[C@]4(C)[C@@]3(F)[C@@H](O)C[C@]2(C)[C@@]1(OC(=O)[C@@]1(C)CCOC1)C(=O)SCF. The van der Waals surface area contributed by atoms with Gasteiger partial charge in [-0.15, -0.1) is 0 Å². The van der Waals surface area contributed by atoms with E-state index >= 15 is 8.78 Å². The van der Waals surface area contributed by atoms with E-state index in [0.717, 1.165) is 6.08 Å². The molecule has 1 saturated heterocycles. The van der Waals surface area contributed by atoms with E-state index in [1.54, 1.807) is 20.8 Å². The van der Waals surface area contributed by atoms with E-state index in [1.807, 2.05) is 0 Å². The van der Waals surface area contributed by atoms with Crippen molar-refractivity contribution in [2.24, 2.45) is 34.0 Å². The van der Waals surface area contributed by atoms with Crippen molar-refractivity contribution in [1.29, 1.82) is 0 Å². The molecule has 0 bridgehead atoms. The van der Waals surface area contributed by atoms with Crippen molar-refractivity contribution in [1.82, 2.24) is 0 Å². The number of ether oxygens (including phenoxy) is 2. The first-order valence-electron chi connectivity index (χ1n) is 13.2. The van der Waals surface area contributed by atoms with E-state index in [9.17, 15) is 23.9 Å². The van der Waals surface area contributed by atoms with E-state index in [4.69, 9.17) is 9.47 Å². The number of carbonyl (C=O) groups is 3. The van der Waals surface area contributed by atoms with E-state index < -0.39 is 80.4 Å². The smallest absolute Gasteiger partial charge is 0.315 e. The minimum Gasteiger partial charge on any atom is -0.449 e. The number of hydrogen-bond acceptors (Lipinski definition) is 7. The van der Waals surface area contributed by atoms with Crippen molar-refractivity contribution in [3.8, 4) is 0 Å². The van der Waals surface area contributed by atoms with Crippen LogP contribution in [0.1, 0.15) is 53.4 Å². The van der Waals surface area contributed by atoms with Gasteiger partial charge in [-0.05, 0) is 74.9 Å². The number of halogens is 3. The Morgan fingerprint density at radius 2 is 1.95 bits per heavy atom. The van der Waals surface area contributed by atoms with Crippen LogP contribution in [0.5, 0.6) is 0 Å². The molecule has 0 aromatic rings. The first kappa shape index (κ1) is 27.9. The van der Waals surface area contributed by atoms with Gasteiger partial charge < -0.3 is 14.6 Å². The molecule has 0 aromatic carbocycles. The molecule has 5 rings (SSSR count). The predicted molar refractivity (Wildman–Crippen MR) is 134 cm³/mol. The van der Waals surface area contributed by atoms with Crippen molar-refractivity contribution in [3.05, 3.63) is 23.8 Å². The Bertz CT molecular complexity index is 1120. The summed E-state index contributed by atoms with van der Waals surface area (Å²) in [4.78, 5) is 39.3. The Kier molecular flexibility index (Phi) is 6.56. The molecule has 1 unspecified atom stereocenters. The summed E-state index contributed by atoms with van der Waals surface area (Å²) in [6.45, 7) is 7.06. The second-order valence-corrected chi connectivity index (χ2v) is 13.4. The number of esters is 1. The number of ketones is 1. The highest BCUT2D eigenvalue weighted by molar-refractivity contribution is 8.13. The van der Waals surface area contributed by atoms with Crippen molar-refractivity contribution >= 4 is 28.6 Å². The zero-order valence-electron chi connectivity index (χ0n) is 22.1. The van der Waals surface area contributed by atoms with Crippen molar-refractivity contribution in [2.75, 3.05) is 19.2 Å². The third-order valence-electron chi connectivity index (χ3n) is 10.6. The molecule has 10 atom stereocenters. The average Bonchev–Trinajstić information content (AvgIpc) is 3.39. The molecule has 1 aliphatic heterocycles. The van der Waals surface area contributed by atoms with Crippen LogP contribution in [0.4, 0.5) is 13.2 Å². The van der Waals surface area contributed by atoms with Gasteiger partial charge in [0.2, 0.25) is 5.12 Å². The Labute approximate surface area is 224 Å². The number of rotatable bonds is 4. The van der Waals surface area contributed by atoms with Crippen molar-refractivity contribution in [2.45, 2.75) is 76.9 Å². The number of allylic oxidation sites excluding steroid dienone is 4. The minimum absolute atomic E-state index is 0.00774. The Balaban J connectivity index is 1.62. The predicted octanol–water partition coefficient (Wildman–Crippen LogP) is 4.45. The molecule has 4 fully saturated rings. The number of carbonyl (C=O) groups excluding carboxylic acids is 3. The van der Waals surface area contributed by atoms with Crippen LogP contribution in [0.2, 0.25) is 0 Å². The van der Waals surface area contributed by atoms with Crippen LogP contribution in [0, 0.1) is 34.0 Å². The van der Waals surface area contributed by atoms with Crippen LogP contribution in [0.15, 0.2) is 23.8 Å². The molecule has 4 aliphatic carbocycles. The van der Waals surface area contributed by atoms with Gasteiger partial charge in [0.15, 0.2) is 17.1 Å². The van der Waals surface area contributed by atoms with Crippen LogP contribution in [0.25, 0.3) is 0 Å². The van der Waals surface area contributed by atoms with Crippen LogP contribution in [0.3, 0.4) is 0 Å². The van der Waals surface area contributed by atoms with E-state index in [0.29, 0.717) is 24.8 Å². The summed E-state index contributed by atoms with van der Waals surface area (Å²) in [6.07, 6.45) is 0.462. The highest BCUT2D eigenvalue weighted by Crippen LogP contribution is 2.72. The summed E-state index contributed by atoms with van der Waals surface area (Å²) < 4.78 is 58.3. The molecule has 1 heterocycles. The monoisotopic (exact) mass is 556 g/mol. The fourth-order valence-corrected chi connectivity index (χ4v) is 9.26. The van der Waals surface area contributed by atoms with Gasteiger partial charge in [-0.25, -0.2) is 13.2 Å². The molecule has 0 amide bonds. The van der Waals surface area contributed by atoms with Crippen molar-refractivity contribution < 1.29 is 42.1 Å². The third kappa shape index (κ3) is 3.38. The van der Waals surface area contributed by atoms with Crippen LogP contribution < -0.4 is 0 Å². The molecular formula is C28H35F3O6S. The number of fused-ring (bicyclic) bond motifs is 5. The van der Waals surface area contributed by atoms with Crippen LogP contribution >= 0.6 is 11.8 Å². The lowest BCUT2D eigenvalue weighted by molar-refractivity contribution is -0.231. The summed E-state index contributed by atoms with van der Waals surface area (Å²) in [5, 5.41) is 10.9. The molecule has 10 heteroatoms. The molecule has 1 N–H and O–H groups in total. The van der Waals surface area contributed by atoms with Gasteiger partial charge in [-0.1, -0.05) is 19.9 Å². The number of aliphatic hydroxyl groups excluding tert-OH is 1. The Hall–Kier alpha value is -1.65. The topological polar surface area (TPSA) is 89.9 Å². The van der Waals surface area contributed by atoms with Crippen molar-refractivity contribution in [3.63, 3.8) is 0 Å². The molecule has 5 aliphatic rings. The van der Waals surface area contributed by atoms with E-state index in [-0.39, 0.29) is 31.4 Å². The highest BCUT2D eigenvalue weighted by Gasteiger charge is 2.78. The third-order valence-corrected chi connectivity index (χ3v) is 11.3. The molecule has 0 spiro atoms.